The molecule has 0 aromatic carbocycles. The number of aromatic nitrogens is 1. The van der Waals surface area contributed by atoms with Gasteiger partial charge in [-0.05, 0) is 31.9 Å². The van der Waals surface area contributed by atoms with Gasteiger partial charge in [-0.2, -0.15) is 4.39 Å². The monoisotopic (exact) mass is 265 g/mol. The number of hydrogen-bond acceptors (Lipinski definition) is 3. The molecule has 1 aliphatic rings. The summed E-state index contributed by atoms with van der Waals surface area (Å²) in [5, 5.41) is 0. The second-order valence-corrected chi connectivity index (χ2v) is 4.82. The zero-order chi connectivity index (χ0) is 14.0. The summed E-state index contributed by atoms with van der Waals surface area (Å²) in [7, 11) is 0. The molecule has 5 nitrogen and oxygen atoms in total. The second kappa shape index (κ2) is 5.34. The van der Waals surface area contributed by atoms with Crippen LogP contribution in [0.25, 0.3) is 0 Å². The van der Waals surface area contributed by atoms with Gasteiger partial charge in [0.1, 0.15) is 0 Å². The van der Waals surface area contributed by atoms with Gasteiger partial charge in [0.05, 0.1) is 11.5 Å². The van der Waals surface area contributed by atoms with E-state index in [1.165, 1.54) is 23.2 Å². The fraction of sp³-hybridized carbons (Fsp3) is 0.462. The highest BCUT2D eigenvalue weighted by molar-refractivity contribution is 5.94. The van der Waals surface area contributed by atoms with Gasteiger partial charge in [0.2, 0.25) is 11.9 Å². The number of likely N-dealkylation sites (tertiary alicyclic amines) is 1. The lowest BCUT2D eigenvalue weighted by Gasteiger charge is -2.36. The van der Waals surface area contributed by atoms with Crippen LogP contribution in [0.4, 0.5) is 4.39 Å². The molecule has 2 atom stereocenters. The molecule has 2 N–H and O–H groups in total. The summed E-state index contributed by atoms with van der Waals surface area (Å²) >= 11 is 0. The molecule has 2 rings (SSSR count). The molecule has 6 heteroatoms. The van der Waals surface area contributed by atoms with Crippen LogP contribution >= 0.6 is 0 Å². The Balaban J connectivity index is 2.22. The first-order chi connectivity index (χ1) is 9.00. The van der Waals surface area contributed by atoms with E-state index < -0.39 is 17.8 Å². The van der Waals surface area contributed by atoms with Crippen LogP contribution in [-0.2, 0) is 4.79 Å². The molecule has 2 amide bonds. The van der Waals surface area contributed by atoms with Gasteiger partial charge in [0.15, 0.2) is 0 Å². The van der Waals surface area contributed by atoms with Crippen molar-refractivity contribution in [1.29, 1.82) is 0 Å². The zero-order valence-electron chi connectivity index (χ0n) is 10.7. The Kier molecular flexibility index (Phi) is 3.78. The third kappa shape index (κ3) is 2.72. The predicted octanol–water partition coefficient (Wildman–Crippen LogP) is 0.947. The highest BCUT2D eigenvalue weighted by Gasteiger charge is 2.33. The predicted molar refractivity (Wildman–Crippen MR) is 66.6 cm³/mol. The summed E-state index contributed by atoms with van der Waals surface area (Å²) in [4.78, 5) is 28.5. The van der Waals surface area contributed by atoms with E-state index in [1.54, 1.807) is 0 Å². The zero-order valence-corrected chi connectivity index (χ0v) is 10.7. The van der Waals surface area contributed by atoms with E-state index in [9.17, 15) is 14.0 Å². The average molecular weight is 265 g/mol. The number of pyridine rings is 1. The number of piperidine rings is 1. The molecule has 0 bridgehead atoms. The Bertz CT molecular complexity index is 506. The molecule has 1 aromatic heterocycles. The summed E-state index contributed by atoms with van der Waals surface area (Å²) in [6.45, 7) is 2.12. The second-order valence-electron chi connectivity index (χ2n) is 4.82. The maximum atomic E-state index is 13.5. The van der Waals surface area contributed by atoms with Crippen molar-refractivity contribution in [2.75, 3.05) is 6.54 Å². The van der Waals surface area contributed by atoms with Crippen molar-refractivity contribution in [3.63, 3.8) is 0 Å². The molecule has 0 radical (unpaired) electrons. The van der Waals surface area contributed by atoms with Crippen LogP contribution in [-0.4, -0.2) is 34.3 Å². The van der Waals surface area contributed by atoms with E-state index in [-0.39, 0.29) is 24.1 Å². The van der Waals surface area contributed by atoms with Crippen LogP contribution in [0.5, 0.6) is 0 Å². The van der Waals surface area contributed by atoms with Gasteiger partial charge in [0.25, 0.3) is 5.91 Å². The van der Waals surface area contributed by atoms with Crippen molar-refractivity contribution >= 4 is 11.8 Å². The van der Waals surface area contributed by atoms with Gasteiger partial charge in [0, 0.05) is 18.8 Å². The lowest BCUT2D eigenvalue weighted by Crippen LogP contribution is -2.48. The van der Waals surface area contributed by atoms with Crippen molar-refractivity contribution in [3.8, 4) is 0 Å². The van der Waals surface area contributed by atoms with E-state index in [0.717, 1.165) is 0 Å². The molecule has 19 heavy (non-hydrogen) atoms. The molecule has 2 heterocycles. The summed E-state index contributed by atoms with van der Waals surface area (Å²) in [6, 6.07) is 2.87. The van der Waals surface area contributed by atoms with Crippen molar-refractivity contribution in [3.05, 3.63) is 29.8 Å². The summed E-state index contributed by atoms with van der Waals surface area (Å²) in [6.07, 6.45) is 2.63. The first-order valence-corrected chi connectivity index (χ1v) is 6.21. The van der Waals surface area contributed by atoms with E-state index in [0.29, 0.717) is 12.8 Å². The fourth-order valence-electron chi connectivity index (χ4n) is 2.32. The number of primary amides is 1. The Morgan fingerprint density at radius 3 is 2.84 bits per heavy atom. The van der Waals surface area contributed by atoms with Gasteiger partial charge >= 0.3 is 0 Å². The minimum atomic E-state index is -0.791. The van der Waals surface area contributed by atoms with Gasteiger partial charge in [-0.1, -0.05) is 0 Å². The molecule has 1 fully saturated rings. The molecular formula is C13H16FN3O2. The third-order valence-corrected chi connectivity index (χ3v) is 3.53. The van der Waals surface area contributed by atoms with Crippen LogP contribution in [0.1, 0.15) is 30.1 Å². The lowest BCUT2D eigenvalue weighted by molar-refractivity contribution is -0.123. The maximum Gasteiger partial charge on any atom is 0.258 e. The van der Waals surface area contributed by atoms with Gasteiger partial charge in [-0.15, -0.1) is 0 Å². The molecule has 2 unspecified atom stereocenters. The molecule has 102 valence electrons. The van der Waals surface area contributed by atoms with Crippen molar-refractivity contribution in [2.45, 2.75) is 25.8 Å². The Morgan fingerprint density at radius 2 is 2.21 bits per heavy atom. The number of amides is 2. The van der Waals surface area contributed by atoms with Crippen LogP contribution in [0.3, 0.4) is 0 Å². The number of hydrogen-bond donors (Lipinski definition) is 1. The van der Waals surface area contributed by atoms with Gasteiger partial charge in [-0.3, -0.25) is 9.59 Å². The SMILES string of the molecule is CC1CCC(C(N)=O)CN1C(=O)c1cccnc1F. The maximum absolute atomic E-state index is 13.5. The van der Waals surface area contributed by atoms with Crippen LogP contribution < -0.4 is 5.73 Å². The van der Waals surface area contributed by atoms with Crippen molar-refractivity contribution in [1.82, 2.24) is 9.88 Å². The van der Waals surface area contributed by atoms with Crippen molar-refractivity contribution < 1.29 is 14.0 Å². The quantitative estimate of drug-likeness (QED) is 0.809. The van der Waals surface area contributed by atoms with Crippen LogP contribution in [0, 0.1) is 11.9 Å². The molecular weight excluding hydrogens is 249 g/mol. The van der Waals surface area contributed by atoms with Crippen LogP contribution in [0.15, 0.2) is 18.3 Å². The topological polar surface area (TPSA) is 76.3 Å². The van der Waals surface area contributed by atoms with Crippen LogP contribution in [0.2, 0.25) is 0 Å². The van der Waals surface area contributed by atoms with Gasteiger partial charge < -0.3 is 10.6 Å². The number of nitrogens with two attached hydrogens (primary N) is 1. The molecule has 1 saturated heterocycles. The van der Waals surface area contributed by atoms with E-state index in [1.807, 2.05) is 6.92 Å². The average Bonchev–Trinajstić information content (AvgIpc) is 2.38. The third-order valence-electron chi connectivity index (χ3n) is 3.53. The Morgan fingerprint density at radius 1 is 1.47 bits per heavy atom. The van der Waals surface area contributed by atoms with Gasteiger partial charge in [-0.25, -0.2) is 4.98 Å². The number of nitrogens with zero attached hydrogens (tertiary/aromatic N) is 2. The number of rotatable bonds is 2. The summed E-state index contributed by atoms with van der Waals surface area (Å²) < 4.78 is 13.5. The first kappa shape index (κ1) is 13.5. The Labute approximate surface area is 110 Å². The minimum absolute atomic E-state index is 0.0392. The normalized spacial score (nSPS) is 23.2. The summed E-state index contributed by atoms with van der Waals surface area (Å²) in [5.41, 5.74) is 5.21. The largest absolute Gasteiger partial charge is 0.369 e. The first-order valence-electron chi connectivity index (χ1n) is 6.21. The van der Waals surface area contributed by atoms with Crippen molar-refractivity contribution in [2.24, 2.45) is 11.7 Å². The van der Waals surface area contributed by atoms with E-state index in [2.05, 4.69) is 4.98 Å². The van der Waals surface area contributed by atoms with E-state index in [4.69, 9.17) is 5.73 Å². The highest BCUT2D eigenvalue weighted by atomic mass is 19.1. The molecule has 0 spiro atoms. The number of carbonyl (C=O) groups excluding carboxylic acids is 2. The lowest BCUT2D eigenvalue weighted by atomic mass is 9.92. The minimum Gasteiger partial charge on any atom is -0.369 e. The number of carbonyl (C=O) groups is 2. The molecule has 1 aromatic rings. The standard InChI is InChI=1S/C13H16FN3O2/c1-8-4-5-9(12(15)18)7-17(8)13(19)10-3-2-6-16-11(10)14/h2-3,6,8-9H,4-5,7H2,1H3,(H2,15,18). The highest BCUT2D eigenvalue weighted by Crippen LogP contribution is 2.23. The number of halogens is 1. The fourth-order valence-corrected chi connectivity index (χ4v) is 2.32. The molecule has 1 aliphatic heterocycles. The smallest absolute Gasteiger partial charge is 0.258 e. The Hall–Kier alpha value is -1.98. The molecule has 0 saturated carbocycles. The molecule has 0 aliphatic carbocycles. The van der Waals surface area contributed by atoms with E-state index >= 15 is 0 Å². The summed E-state index contributed by atoms with van der Waals surface area (Å²) in [5.74, 6) is -2.01.